The first-order chi connectivity index (χ1) is 15.9. The summed E-state index contributed by atoms with van der Waals surface area (Å²) >= 11 is 0. The highest BCUT2D eigenvalue weighted by molar-refractivity contribution is 5.94. The number of amides is 3. The second-order valence-electron chi connectivity index (χ2n) is 8.68. The molecule has 1 aliphatic heterocycles. The number of carboxylic acids is 1. The lowest BCUT2D eigenvalue weighted by Gasteiger charge is -2.29. The molecule has 1 rings (SSSR count). The van der Waals surface area contributed by atoms with Crippen LogP contribution in [0.15, 0.2) is 4.99 Å². The monoisotopic (exact) mass is 485 g/mol. The lowest BCUT2D eigenvalue weighted by atomic mass is 9.98. The van der Waals surface area contributed by atoms with E-state index in [9.17, 15) is 29.4 Å². The predicted molar refractivity (Wildman–Crippen MR) is 125 cm³/mol. The van der Waals surface area contributed by atoms with E-state index >= 15 is 0 Å². The Morgan fingerprint density at radius 1 is 1.18 bits per heavy atom. The van der Waals surface area contributed by atoms with E-state index in [1.807, 2.05) is 6.92 Å². The number of guanidine groups is 1. The van der Waals surface area contributed by atoms with Crippen molar-refractivity contribution in [2.45, 2.75) is 83.1 Å². The van der Waals surface area contributed by atoms with Crippen LogP contribution in [0, 0.1) is 5.92 Å². The molecule has 6 unspecified atom stereocenters. The minimum absolute atomic E-state index is 0.109. The summed E-state index contributed by atoms with van der Waals surface area (Å²) in [6, 6.07) is -4.20. The van der Waals surface area contributed by atoms with Crippen LogP contribution in [-0.2, 0) is 19.2 Å². The van der Waals surface area contributed by atoms with Crippen LogP contribution in [0.2, 0.25) is 0 Å². The van der Waals surface area contributed by atoms with Gasteiger partial charge in [0, 0.05) is 13.1 Å². The van der Waals surface area contributed by atoms with E-state index in [1.165, 1.54) is 11.8 Å². The summed E-state index contributed by atoms with van der Waals surface area (Å²) in [5.74, 6) is -3.37. The number of hydrogen-bond donors (Lipinski definition) is 7. The Bertz CT molecular complexity index is 756. The highest BCUT2D eigenvalue weighted by Crippen LogP contribution is 2.19. The minimum Gasteiger partial charge on any atom is -0.480 e. The number of nitrogens with zero attached hydrogens (tertiary/aromatic N) is 2. The highest BCUT2D eigenvalue weighted by atomic mass is 16.4. The average Bonchev–Trinajstić information content (AvgIpc) is 3.27. The maximum absolute atomic E-state index is 13.0. The van der Waals surface area contributed by atoms with Gasteiger partial charge in [-0.25, -0.2) is 4.79 Å². The lowest BCUT2D eigenvalue weighted by Crippen LogP contribution is -2.58. The number of aliphatic hydroxyl groups is 1. The fourth-order valence-corrected chi connectivity index (χ4v) is 3.68. The molecule has 0 bridgehead atoms. The molecule has 194 valence electrons. The van der Waals surface area contributed by atoms with Gasteiger partial charge in [0.25, 0.3) is 0 Å². The van der Waals surface area contributed by atoms with Crippen molar-refractivity contribution in [2.75, 3.05) is 13.1 Å². The molecule has 0 saturated carbocycles. The van der Waals surface area contributed by atoms with Gasteiger partial charge >= 0.3 is 5.97 Å². The molecule has 0 aromatic heterocycles. The number of nitrogens with one attached hydrogen (secondary N) is 2. The summed E-state index contributed by atoms with van der Waals surface area (Å²) in [6.45, 7) is 5.42. The third-order valence-corrected chi connectivity index (χ3v) is 6.00. The van der Waals surface area contributed by atoms with E-state index in [0.29, 0.717) is 32.2 Å². The van der Waals surface area contributed by atoms with Gasteiger partial charge in [-0.3, -0.25) is 19.4 Å². The van der Waals surface area contributed by atoms with Crippen LogP contribution in [-0.4, -0.2) is 88.1 Å². The molecule has 1 aliphatic rings. The van der Waals surface area contributed by atoms with Gasteiger partial charge in [-0.1, -0.05) is 20.3 Å². The molecule has 6 atom stereocenters. The third-order valence-electron chi connectivity index (χ3n) is 6.00. The molecule has 34 heavy (non-hydrogen) atoms. The Morgan fingerprint density at radius 3 is 2.35 bits per heavy atom. The number of likely N-dealkylation sites (tertiary alicyclic amines) is 1. The van der Waals surface area contributed by atoms with Gasteiger partial charge in [0.05, 0.1) is 6.10 Å². The zero-order valence-corrected chi connectivity index (χ0v) is 20.1. The number of carboxylic acid groups (broad SMARTS) is 1. The van der Waals surface area contributed by atoms with Gasteiger partial charge < -0.3 is 42.9 Å². The van der Waals surface area contributed by atoms with Gasteiger partial charge in [0.15, 0.2) is 5.96 Å². The number of aliphatic hydroxyl groups excluding tert-OH is 1. The fourth-order valence-electron chi connectivity index (χ4n) is 3.68. The number of aliphatic imine (C=N–C) groups is 1. The molecule has 10 N–H and O–H groups in total. The van der Waals surface area contributed by atoms with E-state index < -0.39 is 54.0 Å². The smallest absolute Gasteiger partial charge is 0.326 e. The van der Waals surface area contributed by atoms with Crippen molar-refractivity contribution in [1.29, 1.82) is 0 Å². The van der Waals surface area contributed by atoms with Crippen LogP contribution in [0.3, 0.4) is 0 Å². The van der Waals surface area contributed by atoms with Crippen LogP contribution in [0.4, 0.5) is 0 Å². The van der Waals surface area contributed by atoms with Gasteiger partial charge in [-0.2, -0.15) is 0 Å². The SMILES string of the molecule is CCC(C)C(NC(=O)C(CCCN=C(N)N)NC(=O)C1CCCN1C(=O)C(N)C(C)O)C(=O)O. The molecule has 0 aromatic rings. The fraction of sp³-hybridized carbons (Fsp3) is 0.762. The van der Waals surface area contributed by atoms with Crippen LogP contribution in [0.25, 0.3) is 0 Å². The lowest BCUT2D eigenvalue weighted by molar-refractivity contribution is -0.144. The van der Waals surface area contributed by atoms with Crippen LogP contribution in [0.1, 0.15) is 52.9 Å². The number of carbonyl (C=O) groups is 4. The molecule has 0 radical (unpaired) electrons. The van der Waals surface area contributed by atoms with Crippen molar-refractivity contribution in [2.24, 2.45) is 28.1 Å². The number of aliphatic carboxylic acids is 1. The first-order valence-electron chi connectivity index (χ1n) is 11.5. The maximum Gasteiger partial charge on any atom is 0.326 e. The standard InChI is InChI=1S/C21H39N7O6/c1-4-11(2)16(20(33)34)27-17(30)13(7-5-9-25-21(23)24)26-18(31)14-8-6-10-28(14)19(32)15(22)12(3)29/h11-16,29H,4-10,22H2,1-3H3,(H,26,31)(H,27,30)(H,33,34)(H4,23,24,25). The second kappa shape index (κ2) is 13.7. The largest absolute Gasteiger partial charge is 0.480 e. The number of carbonyl (C=O) groups excluding carboxylic acids is 3. The number of nitrogens with two attached hydrogens (primary N) is 3. The molecular formula is C21H39N7O6. The summed E-state index contributed by atoms with van der Waals surface area (Å²) in [6.07, 6.45) is 0.872. The summed E-state index contributed by atoms with van der Waals surface area (Å²) in [7, 11) is 0. The molecule has 1 fully saturated rings. The van der Waals surface area contributed by atoms with Crippen molar-refractivity contribution in [3.8, 4) is 0 Å². The Balaban J connectivity index is 2.99. The van der Waals surface area contributed by atoms with Gasteiger partial charge in [0.2, 0.25) is 17.7 Å². The quantitative estimate of drug-likeness (QED) is 0.0854. The molecule has 1 saturated heterocycles. The maximum atomic E-state index is 13.0. The Labute approximate surface area is 199 Å². The molecule has 3 amide bonds. The Kier molecular flexibility index (Phi) is 11.7. The van der Waals surface area contributed by atoms with E-state index in [-0.39, 0.29) is 24.8 Å². The molecule has 0 aliphatic carbocycles. The van der Waals surface area contributed by atoms with Gasteiger partial charge in [-0.15, -0.1) is 0 Å². The van der Waals surface area contributed by atoms with E-state index in [0.717, 1.165) is 0 Å². The topological polar surface area (TPSA) is 226 Å². The van der Waals surface area contributed by atoms with Crippen molar-refractivity contribution >= 4 is 29.7 Å². The molecule has 0 aromatic carbocycles. The molecule has 13 heteroatoms. The summed E-state index contributed by atoms with van der Waals surface area (Å²) in [5.41, 5.74) is 16.4. The van der Waals surface area contributed by atoms with Crippen molar-refractivity contribution in [3.63, 3.8) is 0 Å². The van der Waals surface area contributed by atoms with Gasteiger partial charge in [-0.05, 0) is 38.5 Å². The minimum atomic E-state index is -1.17. The number of hydrogen-bond acceptors (Lipinski definition) is 7. The van der Waals surface area contributed by atoms with Crippen LogP contribution in [0.5, 0.6) is 0 Å². The van der Waals surface area contributed by atoms with Crippen molar-refractivity contribution < 1.29 is 29.4 Å². The van der Waals surface area contributed by atoms with Crippen molar-refractivity contribution in [1.82, 2.24) is 15.5 Å². The van der Waals surface area contributed by atoms with Crippen LogP contribution >= 0.6 is 0 Å². The molecule has 0 spiro atoms. The zero-order valence-electron chi connectivity index (χ0n) is 20.1. The van der Waals surface area contributed by atoms with Crippen LogP contribution < -0.4 is 27.8 Å². The Hall–Kier alpha value is -2.93. The van der Waals surface area contributed by atoms with E-state index in [1.54, 1.807) is 6.92 Å². The second-order valence-corrected chi connectivity index (χ2v) is 8.68. The first kappa shape index (κ1) is 29.1. The molecule has 13 nitrogen and oxygen atoms in total. The Morgan fingerprint density at radius 2 is 1.82 bits per heavy atom. The van der Waals surface area contributed by atoms with Crippen molar-refractivity contribution in [3.05, 3.63) is 0 Å². The molecule has 1 heterocycles. The van der Waals surface area contributed by atoms with E-state index in [2.05, 4.69) is 15.6 Å². The summed E-state index contributed by atoms with van der Waals surface area (Å²) < 4.78 is 0. The number of rotatable bonds is 13. The zero-order chi connectivity index (χ0) is 26.0. The first-order valence-corrected chi connectivity index (χ1v) is 11.5. The summed E-state index contributed by atoms with van der Waals surface area (Å²) in [4.78, 5) is 55.4. The normalized spacial score (nSPS) is 19.9. The highest BCUT2D eigenvalue weighted by Gasteiger charge is 2.39. The van der Waals surface area contributed by atoms with E-state index in [4.69, 9.17) is 17.2 Å². The van der Waals surface area contributed by atoms with Gasteiger partial charge in [0.1, 0.15) is 24.2 Å². The summed E-state index contributed by atoms with van der Waals surface area (Å²) in [5, 5.41) is 24.3. The molecular weight excluding hydrogens is 446 g/mol. The predicted octanol–water partition coefficient (Wildman–Crippen LogP) is -2.16. The average molecular weight is 486 g/mol. The third kappa shape index (κ3) is 8.45.